The summed E-state index contributed by atoms with van der Waals surface area (Å²) in [5.41, 5.74) is -2.36. The van der Waals surface area contributed by atoms with Crippen LogP contribution < -0.4 is 5.32 Å². The smallest absolute Gasteiger partial charge is 0.380 e. The number of nitrogens with one attached hydrogen (secondary N) is 1. The fraction of sp³-hybridized carbons (Fsp3) is 0.500. The summed E-state index contributed by atoms with van der Waals surface area (Å²) in [6, 6.07) is 2.93. The molecule has 7 heteroatoms. The van der Waals surface area contributed by atoms with Crippen LogP contribution in [0.15, 0.2) is 18.2 Å². The number of anilines is 1. The Morgan fingerprint density at radius 2 is 1.89 bits per heavy atom. The molecular weight excluding hydrogens is 261 g/mol. The van der Waals surface area contributed by atoms with E-state index in [2.05, 4.69) is 5.32 Å². The molecule has 0 aliphatic heterocycles. The molecule has 0 aromatic heterocycles. The minimum atomic E-state index is -4.75. The van der Waals surface area contributed by atoms with Crippen LogP contribution in [0.1, 0.15) is 32.8 Å². The highest BCUT2D eigenvalue weighted by Gasteiger charge is 2.38. The Morgan fingerprint density at radius 3 is 2.32 bits per heavy atom. The zero-order valence-electron chi connectivity index (χ0n) is 10.8. The van der Waals surface area contributed by atoms with Crippen LogP contribution >= 0.6 is 0 Å². The first-order chi connectivity index (χ1) is 8.57. The van der Waals surface area contributed by atoms with E-state index in [0.717, 1.165) is 12.1 Å². The molecule has 1 rings (SSSR count). The van der Waals surface area contributed by atoms with Crippen molar-refractivity contribution >= 4 is 11.4 Å². The number of rotatable bonds is 4. The molecule has 0 aliphatic rings. The molecule has 0 bridgehead atoms. The minimum Gasteiger partial charge on any atom is -0.380 e. The summed E-state index contributed by atoms with van der Waals surface area (Å²) < 4.78 is 38.3. The third-order valence-corrected chi connectivity index (χ3v) is 2.87. The summed E-state index contributed by atoms with van der Waals surface area (Å²) >= 11 is 0. The highest BCUT2D eigenvalue weighted by molar-refractivity contribution is 5.56. The van der Waals surface area contributed by atoms with Gasteiger partial charge in [0, 0.05) is 17.3 Å². The maximum absolute atomic E-state index is 12.8. The molecular formula is C12H15F3N2O2. The summed E-state index contributed by atoms with van der Waals surface area (Å²) in [5, 5.41) is 13.5. The minimum absolute atomic E-state index is 0.213. The van der Waals surface area contributed by atoms with Crippen LogP contribution in [0.5, 0.6) is 0 Å². The Hall–Kier alpha value is -1.79. The van der Waals surface area contributed by atoms with E-state index >= 15 is 0 Å². The molecule has 106 valence electrons. The molecule has 0 unspecified atom stereocenters. The van der Waals surface area contributed by atoms with Crippen molar-refractivity contribution in [1.29, 1.82) is 0 Å². The van der Waals surface area contributed by atoms with Gasteiger partial charge in [0.2, 0.25) is 0 Å². The van der Waals surface area contributed by atoms with Gasteiger partial charge in [0.1, 0.15) is 5.56 Å². The van der Waals surface area contributed by atoms with E-state index in [1.165, 1.54) is 6.07 Å². The van der Waals surface area contributed by atoms with Crippen molar-refractivity contribution in [2.24, 2.45) is 0 Å². The van der Waals surface area contributed by atoms with Crippen LogP contribution in [-0.2, 0) is 6.18 Å². The molecule has 0 saturated carbocycles. The molecule has 1 aromatic rings. The average Bonchev–Trinajstić information content (AvgIpc) is 2.27. The third kappa shape index (κ3) is 3.84. The summed E-state index contributed by atoms with van der Waals surface area (Å²) in [6.45, 7) is 5.56. The predicted molar refractivity (Wildman–Crippen MR) is 66.1 cm³/mol. The fourth-order valence-corrected chi connectivity index (χ4v) is 1.48. The molecule has 0 saturated heterocycles. The van der Waals surface area contributed by atoms with Crippen LogP contribution in [0.3, 0.4) is 0 Å². The molecule has 1 aromatic carbocycles. The average molecular weight is 276 g/mol. The standard InChI is InChI=1S/C12H15F3N2O2/c1-4-11(2,3)16-8-5-6-10(17(18)19)9(7-8)12(13,14)15/h5-7,16H,4H2,1-3H3. The van der Waals surface area contributed by atoms with Gasteiger partial charge in [-0.25, -0.2) is 0 Å². The highest BCUT2D eigenvalue weighted by atomic mass is 19.4. The lowest BCUT2D eigenvalue weighted by atomic mass is 10.0. The third-order valence-electron chi connectivity index (χ3n) is 2.87. The van der Waals surface area contributed by atoms with Crippen molar-refractivity contribution in [3.63, 3.8) is 0 Å². The van der Waals surface area contributed by atoms with E-state index in [0.29, 0.717) is 6.42 Å². The number of hydrogen-bond donors (Lipinski definition) is 1. The van der Waals surface area contributed by atoms with Crippen molar-refractivity contribution in [2.75, 3.05) is 5.32 Å². The van der Waals surface area contributed by atoms with Gasteiger partial charge < -0.3 is 5.32 Å². The topological polar surface area (TPSA) is 55.2 Å². The second kappa shape index (κ2) is 5.07. The molecule has 1 N–H and O–H groups in total. The number of hydrogen-bond acceptors (Lipinski definition) is 3. The zero-order chi connectivity index (χ0) is 14.8. The Bertz CT molecular complexity index is 484. The SMILES string of the molecule is CCC(C)(C)Nc1ccc([N+](=O)[O-])c(C(F)(F)F)c1. The normalized spacial score (nSPS) is 12.3. The van der Waals surface area contributed by atoms with Crippen molar-refractivity contribution in [1.82, 2.24) is 0 Å². The Kier molecular flexibility index (Phi) is 4.07. The first-order valence-corrected chi connectivity index (χ1v) is 5.70. The molecule has 19 heavy (non-hydrogen) atoms. The van der Waals surface area contributed by atoms with E-state index in [4.69, 9.17) is 0 Å². The first-order valence-electron chi connectivity index (χ1n) is 5.70. The number of benzene rings is 1. The number of nitro groups is 1. The molecule has 0 amide bonds. The quantitative estimate of drug-likeness (QED) is 0.662. The van der Waals surface area contributed by atoms with E-state index in [9.17, 15) is 23.3 Å². The van der Waals surface area contributed by atoms with Crippen LogP contribution in [0.2, 0.25) is 0 Å². The van der Waals surface area contributed by atoms with Crippen LogP contribution in [0, 0.1) is 10.1 Å². The van der Waals surface area contributed by atoms with Gasteiger partial charge in [-0.05, 0) is 32.4 Å². The molecule has 0 radical (unpaired) electrons. The first kappa shape index (κ1) is 15.3. The predicted octanol–water partition coefficient (Wildman–Crippen LogP) is 4.21. The number of nitro benzene ring substituents is 1. The Labute approximate surface area is 108 Å². The lowest BCUT2D eigenvalue weighted by molar-refractivity contribution is -0.388. The van der Waals surface area contributed by atoms with E-state index < -0.39 is 22.4 Å². The Morgan fingerprint density at radius 1 is 1.32 bits per heavy atom. The Balaban J connectivity index is 3.23. The van der Waals surface area contributed by atoms with Gasteiger partial charge in [0.05, 0.1) is 4.92 Å². The highest BCUT2D eigenvalue weighted by Crippen LogP contribution is 2.38. The maximum atomic E-state index is 12.8. The molecule has 0 heterocycles. The van der Waals surface area contributed by atoms with E-state index in [-0.39, 0.29) is 11.2 Å². The number of halogens is 3. The summed E-state index contributed by atoms with van der Waals surface area (Å²) in [4.78, 5) is 9.58. The summed E-state index contributed by atoms with van der Waals surface area (Å²) in [6.07, 6.45) is -4.05. The van der Waals surface area contributed by atoms with Gasteiger partial charge in [-0.2, -0.15) is 13.2 Å². The van der Waals surface area contributed by atoms with Gasteiger partial charge in [0.25, 0.3) is 5.69 Å². The van der Waals surface area contributed by atoms with Gasteiger partial charge in [-0.1, -0.05) is 6.92 Å². The van der Waals surface area contributed by atoms with E-state index in [1.54, 1.807) is 0 Å². The van der Waals surface area contributed by atoms with Crippen molar-refractivity contribution in [2.45, 2.75) is 38.9 Å². The number of alkyl halides is 3. The van der Waals surface area contributed by atoms with Crippen LogP contribution in [0.4, 0.5) is 24.5 Å². The van der Waals surface area contributed by atoms with Crippen molar-refractivity contribution in [3.05, 3.63) is 33.9 Å². The molecule has 0 spiro atoms. The van der Waals surface area contributed by atoms with E-state index in [1.807, 2.05) is 20.8 Å². The van der Waals surface area contributed by atoms with Gasteiger partial charge in [-0.3, -0.25) is 10.1 Å². The van der Waals surface area contributed by atoms with Crippen LogP contribution in [0.25, 0.3) is 0 Å². The second-order valence-corrected chi connectivity index (χ2v) is 4.85. The van der Waals surface area contributed by atoms with Gasteiger partial charge in [-0.15, -0.1) is 0 Å². The van der Waals surface area contributed by atoms with Crippen molar-refractivity contribution in [3.8, 4) is 0 Å². The summed E-state index contributed by atoms with van der Waals surface area (Å²) in [5.74, 6) is 0. The van der Waals surface area contributed by atoms with Gasteiger partial charge >= 0.3 is 6.18 Å². The maximum Gasteiger partial charge on any atom is 0.423 e. The molecule has 0 aliphatic carbocycles. The van der Waals surface area contributed by atoms with Crippen LogP contribution in [-0.4, -0.2) is 10.5 Å². The number of nitrogens with zero attached hydrogens (tertiary/aromatic N) is 1. The second-order valence-electron chi connectivity index (χ2n) is 4.85. The largest absolute Gasteiger partial charge is 0.423 e. The lowest BCUT2D eigenvalue weighted by Crippen LogP contribution is -2.29. The molecule has 0 fully saturated rings. The van der Waals surface area contributed by atoms with Gasteiger partial charge in [0.15, 0.2) is 0 Å². The lowest BCUT2D eigenvalue weighted by Gasteiger charge is -2.26. The molecule has 4 nitrogen and oxygen atoms in total. The van der Waals surface area contributed by atoms with Crippen molar-refractivity contribution < 1.29 is 18.1 Å². The monoisotopic (exact) mass is 276 g/mol. The fourth-order valence-electron chi connectivity index (χ4n) is 1.48. The zero-order valence-corrected chi connectivity index (χ0v) is 10.8. The molecule has 0 atom stereocenters. The summed E-state index contributed by atoms with van der Waals surface area (Å²) in [7, 11) is 0.